The summed E-state index contributed by atoms with van der Waals surface area (Å²) in [6.07, 6.45) is 3.37. The summed E-state index contributed by atoms with van der Waals surface area (Å²) in [5.74, 6) is -1.80. The average molecular weight is 470 g/mol. The van der Waals surface area contributed by atoms with Gasteiger partial charge in [-0.2, -0.15) is 0 Å². The highest BCUT2D eigenvalue weighted by Crippen LogP contribution is 2.28. The van der Waals surface area contributed by atoms with Crippen LogP contribution in [0.2, 0.25) is 0 Å². The predicted octanol–water partition coefficient (Wildman–Crippen LogP) is 0.168. The van der Waals surface area contributed by atoms with Crippen LogP contribution in [0.5, 0.6) is 0 Å². The van der Waals surface area contributed by atoms with Gasteiger partial charge in [0.15, 0.2) is 0 Å². The Morgan fingerprint density at radius 1 is 1.06 bits per heavy atom. The number of nitrogens with one attached hydrogen (secondary N) is 3. The molecule has 10 nitrogen and oxygen atoms in total. The topological polar surface area (TPSA) is 128 Å². The van der Waals surface area contributed by atoms with E-state index in [1.165, 1.54) is 0 Å². The molecule has 0 aliphatic carbocycles. The highest BCUT2D eigenvalue weighted by molar-refractivity contribution is 6.23. The summed E-state index contributed by atoms with van der Waals surface area (Å²) in [5.41, 5.74) is 1.44. The maximum absolute atomic E-state index is 13.0. The summed E-state index contributed by atoms with van der Waals surface area (Å²) in [5, 5.41) is 8.75. The Morgan fingerprint density at radius 3 is 2.50 bits per heavy atom. The van der Waals surface area contributed by atoms with Crippen molar-refractivity contribution in [3.63, 3.8) is 0 Å². The van der Waals surface area contributed by atoms with E-state index in [0.29, 0.717) is 13.0 Å². The Kier molecular flexibility index (Phi) is 7.38. The Hall–Kier alpha value is -3.11. The zero-order chi connectivity index (χ0) is 24.2. The Morgan fingerprint density at radius 2 is 1.79 bits per heavy atom. The quantitative estimate of drug-likeness (QED) is 0.366. The summed E-state index contributed by atoms with van der Waals surface area (Å²) < 4.78 is 0. The van der Waals surface area contributed by atoms with Crippen molar-refractivity contribution < 1.29 is 24.0 Å². The zero-order valence-electron chi connectivity index (χ0n) is 19.4. The van der Waals surface area contributed by atoms with Crippen LogP contribution in [0.3, 0.4) is 0 Å². The highest BCUT2D eigenvalue weighted by atomic mass is 16.2. The van der Waals surface area contributed by atoms with E-state index < -0.39 is 29.7 Å². The molecule has 0 aromatic heterocycles. The zero-order valence-corrected chi connectivity index (χ0v) is 19.4. The normalized spacial score (nSPS) is 21.1. The first-order chi connectivity index (χ1) is 16.4. The standard InChI is InChI=1S/C24H31N5O5/c1-25-10-2-3-21(31)28-11-8-16(9-12-28)26-14-15-4-5-17-18(13-15)24(34)29(23(17)33)19-6-7-20(30)27-22(19)32/h4-5,13,16,19,25-26H,2-3,6-12,14H2,1H3,(H,27,30,32). The molecule has 3 aliphatic rings. The van der Waals surface area contributed by atoms with Crippen LogP contribution in [-0.4, -0.2) is 78.1 Å². The number of rotatable bonds is 8. The lowest BCUT2D eigenvalue weighted by molar-refractivity contribution is -0.136. The second-order valence-corrected chi connectivity index (χ2v) is 9.07. The van der Waals surface area contributed by atoms with Crippen molar-refractivity contribution in [1.82, 2.24) is 25.8 Å². The van der Waals surface area contributed by atoms with Crippen molar-refractivity contribution in [3.8, 4) is 0 Å². The number of carbonyl (C=O) groups excluding carboxylic acids is 5. The lowest BCUT2D eigenvalue weighted by Crippen LogP contribution is -2.54. The molecule has 1 aromatic rings. The Bertz CT molecular complexity index is 1000. The van der Waals surface area contributed by atoms with Crippen molar-refractivity contribution in [2.45, 2.75) is 57.2 Å². The molecule has 4 rings (SSSR count). The number of nitrogens with zero attached hydrogens (tertiary/aromatic N) is 2. The molecule has 2 fully saturated rings. The SMILES string of the molecule is CNCCCC(=O)N1CCC(NCc2ccc3c(c2)C(=O)N(C2CCC(=O)NC2=O)C3=O)CC1. The minimum absolute atomic E-state index is 0.0966. The van der Waals surface area contributed by atoms with Gasteiger partial charge in [-0.3, -0.25) is 34.2 Å². The van der Waals surface area contributed by atoms with Gasteiger partial charge < -0.3 is 15.5 Å². The molecule has 34 heavy (non-hydrogen) atoms. The number of hydrogen-bond donors (Lipinski definition) is 3. The molecule has 0 bridgehead atoms. The molecule has 3 aliphatic heterocycles. The van der Waals surface area contributed by atoms with E-state index >= 15 is 0 Å². The van der Waals surface area contributed by atoms with Gasteiger partial charge in [-0.25, -0.2) is 0 Å². The smallest absolute Gasteiger partial charge is 0.262 e. The molecular formula is C24H31N5O5. The molecule has 10 heteroatoms. The fraction of sp³-hybridized carbons (Fsp3) is 0.542. The lowest BCUT2D eigenvalue weighted by Gasteiger charge is -2.32. The molecule has 1 atom stereocenters. The number of amides is 5. The molecule has 0 radical (unpaired) electrons. The third kappa shape index (κ3) is 5.02. The highest BCUT2D eigenvalue weighted by Gasteiger charge is 2.44. The Labute approximate surface area is 198 Å². The van der Waals surface area contributed by atoms with Crippen LogP contribution in [0.4, 0.5) is 0 Å². The number of hydrogen-bond acceptors (Lipinski definition) is 7. The molecule has 1 unspecified atom stereocenters. The number of likely N-dealkylation sites (tertiary alicyclic amines) is 1. The van der Waals surface area contributed by atoms with Gasteiger partial charge >= 0.3 is 0 Å². The van der Waals surface area contributed by atoms with E-state index in [1.54, 1.807) is 12.1 Å². The number of carbonyl (C=O) groups is 5. The lowest BCUT2D eigenvalue weighted by atomic mass is 10.0. The molecule has 5 amide bonds. The molecule has 1 aromatic carbocycles. The third-order valence-corrected chi connectivity index (χ3v) is 6.76. The van der Waals surface area contributed by atoms with E-state index in [4.69, 9.17) is 0 Å². The average Bonchev–Trinajstić information content (AvgIpc) is 3.08. The fourth-order valence-corrected chi connectivity index (χ4v) is 4.80. The van der Waals surface area contributed by atoms with Crippen LogP contribution >= 0.6 is 0 Å². The first-order valence-corrected chi connectivity index (χ1v) is 11.9. The van der Waals surface area contributed by atoms with Crippen molar-refractivity contribution in [2.24, 2.45) is 0 Å². The van der Waals surface area contributed by atoms with Crippen LogP contribution in [0.25, 0.3) is 0 Å². The van der Waals surface area contributed by atoms with E-state index in [9.17, 15) is 24.0 Å². The molecule has 182 valence electrons. The minimum Gasteiger partial charge on any atom is -0.343 e. The second kappa shape index (κ2) is 10.4. The van der Waals surface area contributed by atoms with Crippen LogP contribution in [-0.2, 0) is 20.9 Å². The summed E-state index contributed by atoms with van der Waals surface area (Å²) in [7, 11) is 1.88. The largest absolute Gasteiger partial charge is 0.343 e. The van der Waals surface area contributed by atoms with E-state index in [1.807, 2.05) is 18.0 Å². The maximum Gasteiger partial charge on any atom is 0.262 e. The molecule has 2 saturated heterocycles. The minimum atomic E-state index is -0.960. The van der Waals surface area contributed by atoms with Crippen LogP contribution in [0, 0.1) is 0 Å². The van der Waals surface area contributed by atoms with Crippen LogP contribution in [0.1, 0.15) is 64.8 Å². The third-order valence-electron chi connectivity index (χ3n) is 6.76. The van der Waals surface area contributed by atoms with E-state index in [2.05, 4.69) is 16.0 Å². The summed E-state index contributed by atoms with van der Waals surface area (Å²) >= 11 is 0. The van der Waals surface area contributed by atoms with Crippen LogP contribution in [0.15, 0.2) is 18.2 Å². The number of imide groups is 2. The molecular weight excluding hydrogens is 438 g/mol. The van der Waals surface area contributed by atoms with Gasteiger partial charge in [-0.05, 0) is 57.0 Å². The van der Waals surface area contributed by atoms with Crippen molar-refractivity contribution >= 4 is 29.5 Å². The number of fused-ring (bicyclic) bond motifs is 1. The van der Waals surface area contributed by atoms with Gasteiger partial charge in [0, 0.05) is 38.5 Å². The monoisotopic (exact) mass is 469 g/mol. The molecule has 3 N–H and O–H groups in total. The summed E-state index contributed by atoms with van der Waals surface area (Å²) in [4.78, 5) is 64.6. The van der Waals surface area contributed by atoms with Gasteiger partial charge in [0.05, 0.1) is 11.1 Å². The van der Waals surface area contributed by atoms with E-state index in [-0.39, 0.29) is 35.9 Å². The van der Waals surface area contributed by atoms with Gasteiger partial charge in [0.2, 0.25) is 17.7 Å². The predicted molar refractivity (Wildman–Crippen MR) is 123 cm³/mol. The van der Waals surface area contributed by atoms with Crippen molar-refractivity contribution in [2.75, 3.05) is 26.7 Å². The van der Waals surface area contributed by atoms with Gasteiger partial charge in [-0.15, -0.1) is 0 Å². The Balaban J connectivity index is 1.31. The summed E-state index contributed by atoms with van der Waals surface area (Å²) in [6, 6.07) is 4.45. The molecule has 0 saturated carbocycles. The van der Waals surface area contributed by atoms with Crippen LogP contribution < -0.4 is 16.0 Å². The first-order valence-electron chi connectivity index (χ1n) is 11.9. The molecule has 3 heterocycles. The van der Waals surface area contributed by atoms with Crippen molar-refractivity contribution in [1.29, 1.82) is 0 Å². The summed E-state index contributed by atoms with van der Waals surface area (Å²) in [6.45, 7) is 2.83. The van der Waals surface area contributed by atoms with Gasteiger partial charge in [0.25, 0.3) is 11.8 Å². The second-order valence-electron chi connectivity index (χ2n) is 9.07. The molecule has 0 spiro atoms. The van der Waals surface area contributed by atoms with E-state index in [0.717, 1.165) is 49.4 Å². The van der Waals surface area contributed by atoms with Gasteiger partial charge in [-0.1, -0.05) is 6.07 Å². The first kappa shape index (κ1) is 24.0. The number of piperidine rings is 2. The fourth-order valence-electron chi connectivity index (χ4n) is 4.80. The van der Waals surface area contributed by atoms with Crippen molar-refractivity contribution in [3.05, 3.63) is 34.9 Å². The maximum atomic E-state index is 13.0. The van der Waals surface area contributed by atoms with Gasteiger partial charge in [0.1, 0.15) is 6.04 Å². The number of benzene rings is 1.